The minimum absolute atomic E-state index is 0.0936. The summed E-state index contributed by atoms with van der Waals surface area (Å²) in [5, 5.41) is 10.6. The summed E-state index contributed by atoms with van der Waals surface area (Å²) in [4.78, 5) is 21.0. The van der Waals surface area contributed by atoms with Gasteiger partial charge in [-0.1, -0.05) is 25.1 Å². The SMILES string of the molecule is COCCn1cc(-c2csc(NC(=O)[C@H](C)Cn3cncn3)n2)c2ccccc21. The molecule has 9 heteroatoms. The van der Waals surface area contributed by atoms with Crippen LogP contribution in [0.5, 0.6) is 0 Å². The number of nitrogens with one attached hydrogen (secondary N) is 1. The van der Waals surface area contributed by atoms with Crippen molar-refractivity contribution >= 4 is 33.3 Å². The van der Waals surface area contributed by atoms with Gasteiger partial charge in [-0.2, -0.15) is 5.10 Å². The van der Waals surface area contributed by atoms with Crippen LogP contribution >= 0.6 is 11.3 Å². The molecule has 0 unspecified atom stereocenters. The molecule has 3 heterocycles. The van der Waals surface area contributed by atoms with Crippen LogP contribution in [0.15, 0.2) is 48.5 Å². The molecular formula is C20H22N6O2S. The minimum Gasteiger partial charge on any atom is -0.383 e. The lowest BCUT2D eigenvalue weighted by Gasteiger charge is -2.10. The normalized spacial score (nSPS) is 12.3. The number of rotatable bonds is 8. The van der Waals surface area contributed by atoms with Gasteiger partial charge in [-0.15, -0.1) is 11.3 Å². The van der Waals surface area contributed by atoms with Crippen molar-refractivity contribution in [2.75, 3.05) is 19.0 Å². The van der Waals surface area contributed by atoms with E-state index in [0.29, 0.717) is 18.3 Å². The molecule has 0 aliphatic heterocycles. The molecule has 8 nitrogen and oxygen atoms in total. The van der Waals surface area contributed by atoms with Gasteiger partial charge in [-0.05, 0) is 6.07 Å². The molecule has 0 aliphatic rings. The van der Waals surface area contributed by atoms with Gasteiger partial charge in [-0.25, -0.2) is 9.97 Å². The summed E-state index contributed by atoms with van der Waals surface area (Å²) < 4.78 is 9.04. The summed E-state index contributed by atoms with van der Waals surface area (Å²) in [6.07, 6.45) is 5.16. The van der Waals surface area contributed by atoms with Crippen molar-refractivity contribution in [3.05, 3.63) is 48.5 Å². The molecule has 0 saturated carbocycles. The third kappa shape index (κ3) is 4.20. The number of fused-ring (bicyclic) bond motifs is 1. The highest BCUT2D eigenvalue weighted by Crippen LogP contribution is 2.32. The fourth-order valence-electron chi connectivity index (χ4n) is 3.20. The smallest absolute Gasteiger partial charge is 0.230 e. The van der Waals surface area contributed by atoms with Gasteiger partial charge < -0.3 is 14.6 Å². The molecule has 150 valence electrons. The van der Waals surface area contributed by atoms with Crippen LogP contribution in [-0.2, 0) is 22.6 Å². The number of anilines is 1. The average Bonchev–Trinajstić information content (AvgIpc) is 3.46. The number of nitrogens with zero attached hydrogens (tertiary/aromatic N) is 5. The van der Waals surface area contributed by atoms with E-state index < -0.39 is 0 Å². The highest BCUT2D eigenvalue weighted by Gasteiger charge is 2.17. The van der Waals surface area contributed by atoms with E-state index >= 15 is 0 Å². The number of amides is 1. The number of carbonyl (C=O) groups excluding carboxylic acids is 1. The van der Waals surface area contributed by atoms with Gasteiger partial charge in [0.15, 0.2) is 5.13 Å². The monoisotopic (exact) mass is 410 g/mol. The Hall–Kier alpha value is -3.04. The topological polar surface area (TPSA) is 86.9 Å². The van der Waals surface area contributed by atoms with E-state index in [9.17, 15) is 4.79 Å². The molecule has 1 amide bonds. The van der Waals surface area contributed by atoms with Gasteiger partial charge in [-0.3, -0.25) is 9.48 Å². The van der Waals surface area contributed by atoms with Crippen LogP contribution in [0.2, 0.25) is 0 Å². The number of benzene rings is 1. The molecular weight excluding hydrogens is 388 g/mol. The predicted molar refractivity (Wildman–Crippen MR) is 113 cm³/mol. The van der Waals surface area contributed by atoms with E-state index in [-0.39, 0.29) is 11.8 Å². The maximum Gasteiger partial charge on any atom is 0.230 e. The number of hydrogen-bond acceptors (Lipinski definition) is 6. The van der Waals surface area contributed by atoms with E-state index in [0.717, 1.165) is 28.7 Å². The molecule has 0 radical (unpaired) electrons. The van der Waals surface area contributed by atoms with Crippen LogP contribution in [0.3, 0.4) is 0 Å². The Morgan fingerprint density at radius 2 is 2.21 bits per heavy atom. The largest absolute Gasteiger partial charge is 0.383 e. The number of methoxy groups -OCH3 is 1. The van der Waals surface area contributed by atoms with Gasteiger partial charge in [0.05, 0.1) is 24.8 Å². The highest BCUT2D eigenvalue weighted by atomic mass is 32.1. The second kappa shape index (κ2) is 8.54. The molecule has 0 saturated heterocycles. The Labute approximate surface area is 172 Å². The van der Waals surface area contributed by atoms with Crippen molar-refractivity contribution in [1.82, 2.24) is 24.3 Å². The molecule has 1 N–H and O–H groups in total. The molecule has 0 spiro atoms. The summed E-state index contributed by atoms with van der Waals surface area (Å²) in [7, 11) is 1.70. The van der Waals surface area contributed by atoms with Crippen molar-refractivity contribution in [1.29, 1.82) is 0 Å². The van der Waals surface area contributed by atoms with E-state index in [1.807, 2.05) is 24.4 Å². The lowest BCUT2D eigenvalue weighted by Crippen LogP contribution is -2.24. The van der Waals surface area contributed by atoms with Gasteiger partial charge in [0, 0.05) is 41.7 Å². The van der Waals surface area contributed by atoms with Crippen molar-refractivity contribution < 1.29 is 9.53 Å². The van der Waals surface area contributed by atoms with Crippen LogP contribution in [0, 0.1) is 5.92 Å². The summed E-state index contributed by atoms with van der Waals surface area (Å²) >= 11 is 1.42. The molecule has 4 aromatic rings. The third-order valence-corrected chi connectivity index (χ3v) is 5.47. The second-order valence-corrected chi connectivity index (χ2v) is 7.65. The lowest BCUT2D eigenvalue weighted by molar-refractivity contribution is -0.119. The van der Waals surface area contributed by atoms with E-state index in [4.69, 9.17) is 4.74 Å². The van der Waals surface area contributed by atoms with Crippen LogP contribution in [0.1, 0.15) is 6.92 Å². The number of aromatic nitrogens is 5. The van der Waals surface area contributed by atoms with Gasteiger partial charge in [0.25, 0.3) is 0 Å². The van der Waals surface area contributed by atoms with E-state index in [2.05, 4.69) is 43.3 Å². The first kappa shape index (κ1) is 19.3. The zero-order chi connectivity index (χ0) is 20.2. The maximum absolute atomic E-state index is 12.5. The Morgan fingerprint density at radius 3 is 3.00 bits per heavy atom. The molecule has 1 atom stereocenters. The first-order valence-corrected chi connectivity index (χ1v) is 10.2. The Bertz CT molecular complexity index is 1100. The van der Waals surface area contributed by atoms with E-state index in [1.54, 1.807) is 18.1 Å². The van der Waals surface area contributed by atoms with Crippen LogP contribution in [0.4, 0.5) is 5.13 Å². The molecule has 3 aromatic heterocycles. The Morgan fingerprint density at radius 1 is 1.34 bits per heavy atom. The van der Waals surface area contributed by atoms with Crippen molar-refractivity contribution in [2.24, 2.45) is 5.92 Å². The number of thiazole rings is 1. The fraction of sp³-hybridized carbons (Fsp3) is 0.300. The van der Waals surface area contributed by atoms with Gasteiger partial charge in [0.1, 0.15) is 12.7 Å². The molecule has 0 fully saturated rings. The minimum atomic E-state index is -0.250. The van der Waals surface area contributed by atoms with Crippen LogP contribution in [0.25, 0.3) is 22.2 Å². The quantitative estimate of drug-likeness (QED) is 0.482. The summed E-state index contributed by atoms with van der Waals surface area (Å²) in [6, 6.07) is 8.23. The first-order chi connectivity index (χ1) is 14.2. The van der Waals surface area contributed by atoms with Crippen LogP contribution in [-0.4, -0.2) is 43.9 Å². The van der Waals surface area contributed by atoms with Crippen molar-refractivity contribution in [3.8, 4) is 11.3 Å². The number of para-hydroxylation sites is 1. The number of hydrogen-bond donors (Lipinski definition) is 1. The zero-order valence-corrected chi connectivity index (χ0v) is 17.1. The van der Waals surface area contributed by atoms with Gasteiger partial charge >= 0.3 is 0 Å². The van der Waals surface area contributed by atoms with Crippen LogP contribution < -0.4 is 5.32 Å². The van der Waals surface area contributed by atoms with E-state index in [1.165, 1.54) is 17.7 Å². The number of carbonyl (C=O) groups is 1. The molecule has 0 aliphatic carbocycles. The summed E-state index contributed by atoms with van der Waals surface area (Å²) in [5.41, 5.74) is 3.03. The maximum atomic E-state index is 12.5. The average molecular weight is 411 g/mol. The predicted octanol–water partition coefficient (Wildman–Crippen LogP) is 3.28. The highest BCUT2D eigenvalue weighted by molar-refractivity contribution is 7.14. The first-order valence-electron chi connectivity index (χ1n) is 9.31. The summed E-state index contributed by atoms with van der Waals surface area (Å²) in [6.45, 7) is 3.73. The molecule has 1 aromatic carbocycles. The molecule has 4 rings (SSSR count). The fourth-order valence-corrected chi connectivity index (χ4v) is 3.91. The summed E-state index contributed by atoms with van der Waals surface area (Å²) in [5.74, 6) is -0.344. The third-order valence-electron chi connectivity index (χ3n) is 4.71. The van der Waals surface area contributed by atoms with Crippen molar-refractivity contribution in [3.63, 3.8) is 0 Å². The second-order valence-electron chi connectivity index (χ2n) is 6.79. The Kier molecular flexibility index (Phi) is 5.68. The standard InChI is InChI=1S/C20H22N6O2S/c1-14(9-26-13-21-12-22-26)19(27)24-20-23-17(11-29-20)16-10-25(7-8-28-2)18-6-4-3-5-15(16)18/h3-6,10-14H,7-9H2,1-2H3,(H,23,24,27)/t14-/m1/s1. The lowest BCUT2D eigenvalue weighted by atomic mass is 10.1. The van der Waals surface area contributed by atoms with Gasteiger partial charge in [0.2, 0.25) is 5.91 Å². The number of ether oxygens (including phenoxy) is 1. The Balaban J connectivity index is 1.52. The molecule has 29 heavy (non-hydrogen) atoms. The van der Waals surface area contributed by atoms with Crippen molar-refractivity contribution in [2.45, 2.75) is 20.0 Å². The zero-order valence-electron chi connectivity index (χ0n) is 16.3. The molecule has 0 bridgehead atoms.